The minimum absolute atomic E-state index is 0.320. The predicted molar refractivity (Wildman–Crippen MR) is 79.3 cm³/mol. The SMILES string of the molecule is CCOC(=O)c1ncsc1NC1Cc2ccccc2C1. The van der Waals surface area contributed by atoms with Gasteiger partial charge in [0.25, 0.3) is 0 Å². The largest absolute Gasteiger partial charge is 0.461 e. The van der Waals surface area contributed by atoms with E-state index in [-0.39, 0.29) is 5.97 Å². The molecule has 0 unspecified atom stereocenters. The lowest BCUT2D eigenvalue weighted by molar-refractivity contribution is 0.0521. The molecule has 1 N–H and O–H groups in total. The Morgan fingerprint density at radius 3 is 2.75 bits per heavy atom. The number of carbonyl (C=O) groups is 1. The first-order valence-corrected chi connectivity index (χ1v) is 7.59. The third-order valence-electron chi connectivity index (χ3n) is 3.42. The zero-order valence-electron chi connectivity index (χ0n) is 11.3. The molecule has 2 aromatic rings. The molecule has 5 heteroatoms. The summed E-state index contributed by atoms with van der Waals surface area (Å²) < 4.78 is 5.02. The van der Waals surface area contributed by atoms with Gasteiger partial charge in [0.05, 0.1) is 12.1 Å². The van der Waals surface area contributed by atoms with Crippen LogP contribution in [0.4, 0.5) is 5.00 Å². The van der Waals surface area contributed by atoms with Crippen LogP contribution in [0.2, 0.25) is 0 Å². The van der Waals surface area contributed by atoms with Crippen molar-refractivity contribution in [1.29, 1.82) is 0 Å². The molecule has 1 aliphatic rings. The topological polar surface area (TPSA) is 51.2 Å². The highest BCUT2D eigenvalue weighted by molar-refractivity contribution is 7.14. The molecule has 0 amide bonds. The quantitative estimate of drug-likeness (QED) is 0.879. The number of fused-ring (bicyclic) bond motifs is 1. The van der Waals surface area contributed by atoms with Crippen molar-refractivity contribution in [1.82, 2.24) is 4.98 Å². The zero-order valence-corrected chi connectivity index (χ0v) is 12.1. The normalized spacial score (nSPS) is 14.1. The predicted octanol–water partition coefficient (Wildman–Crippen LogP) is 2.90. The van der Waals surface area contributed by atoms with Crippen LogP contribution in [0.5, 0.6) is 0 Å². The standard InChI is InChI=1S/C15H16N2O2S/c1-2-19-15(18)13-14(20-9-16-13)17-12-7-10-5-3-4-6-11(10)8-12/h3-6,9,12,17H,2,7-8H2,1H3. The highest BCUT2D eigenvalue weighted by Crippen LogP contribution is 2.28. The number of carbonyl (C=O) groups excluding carboxylic acids is 1. The number of aromatic nitrogens is 1. The van der Waals surface area contributed by atoms with Crippen LogP contribution in [0.3, 0.4) is 0 Å². The molecular weight excluding hydrogens is 272 g/mol. The molecule has 0 atom stereocenters. The summed E-state index contributed by atoms with van der Waals surface area (Å²) in [5.41, 5.74) is 4.84. The Balaban J connectivity index is 1.71. The van der Waals surface area contributed by atoms with Crippen LogP contribution in [-0.2, 0) is 17.6 Å². The molecule has 0 saturated heterocycles. The van der Waals surface area contributed by atoms with Crippen molar-refractivity contribution in [3.8, 4) is 0 Å². The number of nitrogens with zero attached hydrogens (tertiary/aromatic N) is 1. The lowest BCUT2D eigenvalue weighted by Crippen LogP contribution is -2.20. The molecule has 0 fully saturated rings. The number of ether oxygens (including phenoxy) is 1. The van der Waals surface area contributed by atoms with Gasteiger partial charge >= 0.3 is 5.97 Å². The van der Waals surface area contributed by atoms with E-state index in [0.717, 1.165) is 17.8 Å². The smallest absolute Gasteiger partial charge is 0.360 e. The first-order valence-electron chi connectivity index (χ1n) is 6.72. The average molecular weight is 288 g/mol. The Morgan fingerprint density at radius 2 is 2.10 bits per heavy atom. The van der Waals surface area contributed by atoms with Crippen molar-refractivity contribution < 1.29 is 9.53 Å². The fourth-order valence-electron chi connectivity index (χ4n) is 2.54. The van der Waals surface area contributed by atoms with Crippen LogP contribution in [0.15, 0.2) is 29.8 Å². The van der Waals surface area contributed by atoms with Gasteiger partial charge in [-0.25, -0.2) is 9.78 Å². The van der Waals surface area contributed by atoms with E-state index in [0.29, 0.717) is 18.3 Å². The van der Waals surface area contributed by atoms with Crippen LogP contribution in [0.25, 0.3) is 0 Å². The van der Waals surface area contributed by atoms with E-state index in [1.54, 1.807) is 12.4 Å². The van der Waals surface area contributed by atoms with Crippen molar-refractivity contribution in [2.24, 2.45) is 0 Å². The van der Waals surface area contributed by atoms with E-state index in [9.17, 15) is 4.79 Å². The van der Waals surface area contributed by atoms with E-state index in [1.165, 1.54) is 22.5 Å². The van der Waals surface area contributed by atoms with Gasteiger partial charge in [-0.05, 0) is 30.9 Å². The number of nitrogens with one attached hydrogen (secondary N) is 1. The highest BCUT2D eigenvalue weighted by atomic mass is 32.1. The van der Waals surface area contributed by atoms with E-state index in [4.69, 9.17) is 4.74 Å². The second-order valence-electron chi connectivity index (χ2n) is 4.77. The van der Waals surface area contributed by atoms with Crippen LogP contribution in [0.1, 0.15) is 28.5 Å². The molecule has 0 spiro atoms. The second-order valence-corrected chi connectivity index (χ2v) is 5.62. The highest BCUT2D eigenvalue weighted by Gasteiger charge is 2.24. The van der Waals surface area contributed by atoms with E-state index in [2.05, 4.69) is 34.6 Å². The molecule has 104 valence electrons. The molecule has 1 aromatic carbocycles. The molecule has 0 saturated carbocycles. The molecule has 0 bridgehead atoms. The number of anilines is 1. The lowest BCUT2D eigenvalue weighted by atomic mass is 10.1. The summed E-state index contributed by atoms with van der Waals surface area (Å²) in [5.74, 6) is -0.355. The third kappa shape index (κ3) is 2.54. The fourth-order valence-corrected chi connectivity index (χ4v) is 3.29. The zero-order chi connectivity index (χ0) is 13.9. The van der Waals surface area contributed by atoms with Gasteiger partial charge in [-0.3, -0.25) is 0 Å². The average Bonchev–Trinajstić information content (AvgIpc) is 3.05. The van der Waals surface area contributed by atoms with Crippen LogP contribution >= 0.6 is 11.3 Å². The van der Waals surface area contributed by atoms with Crippen molar-refractivity contribution in [3.05, 3.63) is 46.6 Å². The Hall–Kier alpha value is -1.88. The third-order valence-corrected chi connectivity index (χ3v) is 4.18. The maximum absolute atomic E-state index is 11.8. The lowest BCUT2D eigenvalue weighted by Gasteiger charge is -2.12. The Bertz CT molecular complexity index is 599. The van der Waals surface area contributed by atoms with Gasteiger partial charge in [-0.1, -0.05) is 24.3 Å². The molecule has 3 rings (SSSR count). The minimum Gasteiger partial charge on any atom is -0.461 e. The molecular formula is C15H16N2O2S. The van der Waals surface area contributed by atoms with Crippen LogP contribution in [-0.4, -0.2) is 23.6 Å². The summed E-state index contributed by atoms with van der Waals surface area (Å²) in [5, 5.41) is 4.24. The monoisotopic (exact) mass is 288 g/mol. The van der Waals surface area contributed by atoms with Crippen molar-refractivity contribution in [2.45, 2.75) is 25.8 Å². The van der Waals surface area contributed by atoms with Crippen LogP contribution in [0, 0.1) is 0 Å². The molecule has 0 radical (unpaired) electrons. The number of thiazole rings is 1. The van der Waals surface area contributed by atoms with Crippen molar-refractivity contribution in [2.75, 3.05) is 11.9 Å². The summed E-state index contributed by atoms with van der Waals surface area (Å²) >= 11 is 1.45. The summed E-state index contributed by atoms with van der Waals surface area (Å²) in [6.07, 6.45) is 1.96. The number of hydrogen-bond acceptors (Lipinski definition) is 5. The molecule has 1 aromatic heterocycles. The number of rotatable bonds is 4. The van der Waals surface area contributed by atoms with Gasteiger partial charge in [0.15, 0.2) is 5.69 Å². The van der Waals surface area contributed by atoms with Crippen molar-refractivity contribution in [3.63, 3.8) is 0 Å². The minimum atomic E-state index is -0.355. The summed E-state index contributed by atoms with van der Waals surface area (Å²) in [6.45, 7) is 2.16. The summed E-state index contributed by atoms with van der Waals surface area (Å²) in [7, 11) is 0. The summed E-state index contributed by atoms with van der Waals surface area (Å²) in [6, 6.07) is 8.78. The van der Waals surface area contributed by atoms with Gasteiger partial charge in [-0.2, -0.15) is 0 Å². The number of hydrogen-bond donors (Lipinski definition) is 1. The second kappa shape index (κ2) is 5.63. The molecule has 4 nitrogen and oxygen atoms in total. The first-order chi connectivity index (χ1) is 9.78. The summed E-state index contributed by atoms with van der Waals surface area (Å²) in [4.78, 5) is 15.9. The molecule has 1 heterocycles. The Morgan fingerprint density at radius 1 is 1.40 bits per heavy atom. The van der Waals surface area contributed by atoms with Crippen LogP contribution < -0.4 is 5.32 Å². The van der Waals surface area contributed by atoms with E-state index < -0.39 is 0 Å². The van der Waals surface area contributed by atoms with Gasteiger partial charge < -0.3 is 10.1 Å². The molecule has 0 aliphatic heterocycles. The molecule has 1 aliphatic carbocycles. The van der Waals surface area contributed by atoms with E-state index in [1.807, 2.05) is 0 Å². The molecule has 20 heavy (non-hydrogen) atoms. The van der Waals surface area contributed by atoms with Crippen molar-refractivity contribution >= 4 is 22.3 Å². The fraction of sp³-hybridized carbons (Fsp3) is 0.333. The first kappa shape index (κ1) is 13.1. The Kier molecular flexibility index (Phi) is 3.69. The van der Waals surface area contributed by atoms with E-state index >= 15 is 0 Å². The van der Waals surface area contributed by atoms with Gasteiger partial charge in [0.1, 0.15) is 5.00 Å². The number of esters is 1. The Labute approximate surface area is 121 Å². The van der Waals surface area contributed by atoms with Gasteiger partial charge in [0, 0.05) is 6.04 Å². The van der Waals surface area contributed by atoms with Gasteiger partial charge in [-0.15, -0.1) is 11.3 Å². The van der Waals surface area contributed by atoms with Gasteiger partial charge in [0.2, 0.25) is 0 Å². The maximum atomic E-state index is 11.8. The maximum Gasteiger partial charge on any atom is 0.360 e. The number of benzene rings is 1.